The molecule has 0 atom stereocenters. The number of H-pyrrole nitrogens is 2. The molecule has 0 amide bonds. The first-order valence-electron chi connectivity index (χ1n) is 11.3. The maximum absolute atomic E-state index is 13.7. The molecule has 4 heterocycles. The zero-order chi connectivity index (χ0) is 25.5. The molecule has 0 radical (unpaired) electrons. The van der Waals surface area contributed by atoms with Crippen molar-refractivity contribution >= 4 is 44.0 Å². The minimum atomic E-state index is -0.590. The average Bonchev–Trinajstić information content (AvgIpc) is 3.40. The van der Waals surface area contributed by atoms with E-state index >= 15 is 0 Å². The Morgan fingerprint density at radius 2 is 1.83 bits per heavy atom. The molecule has 6 rings (SSSR count). The van der Waals surface area contributed by atoms with Gasteiger partial charge in [0.25, 0.3) is 11.1 Å². The van der Waals surface area contributed by atoms with Gasteiger partial charge in [0.15, 0.2) is 11.2 Å². The topological polar surface area (TPSA) is 135 Å². The molecule has 0 fully saturated rings. The molecule has 0 aliphatic heterocycles. The van der Waals surface area contributed by atoms with Crippen LogP contribution in [0.5, 0.6) is 11.5 Å². The van der Waals surface area contributed by atoms with Crippen LogP contribution in [-0.2, 0) is 7.05 Å². The van der Waals surface area contributed by atoms with E-state index in [-0.39, 0.29) is 39.3 Å². The normalized spacial score (nSPS) is 12.0. The number of aromatic nitrogens is 4. The standard InChI is InChI=1S/C26H22N4O6/c1-11(2)30-24-19(25(33)28-30)18(23-20(27-24)14-7-8-17(31)21(32)22(14)36-23)15-9-12-5-6-13(35-4)10-16(12)29(3)26(15)34/h5-11,27,32H,1-4H3,(H,28,33). The third-order valence-electron chi connectivity index (χ3n) is 6.66. The smallest absolute Gasteiger partial charge is 0.274 e. The summed E-state index contributed by atoms with van der Waals surface area (Å²) in [7, 11) is 3.20. The monoisotopic (exact) mass is 486 g/mol. The van der Waals surface area contributed by atoms with Crippen molar-refractivity contribution in [2.75, 3.05) is 7.11 Å². The van der Waals surface area contributed by atoms with E-state index < -0.39 is 16.7 Å². The third-order valence-corrected chi connectivity index (χ3v) is 6.66. The Kier molecular flexibility index (Phi) is 4.47. The lowest BCUT2D eigenvalue weighted by Crippen LogP contribution is -2.19. The fraction of sp³-hybridized carbons (Fsp3) is 0.192. The molecule has 2 aromatic carbocycles. The second-order valence-corrected chi connectivity index (χ2v) is 9.07. The number of pyridine rings is 2. The fourth-order valence-electron chi connectivity index (χ4n) is 4.86. The van der Waals surface area contributed by atoms with Crippen molar-refractivity contribution in [1.82, 2.24) is 19.3 Å². The molecular weight excluding hydrogens is 464 g/mol. The van der Waals surface area contributed by atoms with Crippen LogP contribution < -0.4 is 21.3 Å². The number of rotatable bonds is 3. The highest BCUT2D eigenvalue weighted by atomic mass is 16.5. The zero-order valence-corrected chi connectivity index (χ0v) is 19.9. The quantitative estimate of drug-likeness (QED) is 0.349. The first-order chi connectivity index (χ1) is 17.2. The molecular formula is C26H22N4O6. The number of aromatic amines is 2. The lowest BCUT2D eigenvalue weighted by Gasteiger charge is -2.12. The van der Waals surface area contributed by atoms with Crippen molar-refractivity contribution in [1.29, 1.82) is 0 Å². The molecule has 10 nitrogen and oxygen atoms in total. The largest absolute Gasteiger partial charge is 0.502 e. The molecule has 0 aliphatic carbocycles. The molecule has 4 aromatic heterocycles. The van der Waals surface area contributed by atoms with Crippen molar-refractivity contribution in [3.63, 3.8) is 0 Å². The number of methoxy groups -OCH3 is 1. The first-order valence-corrected chi connectivity index (χ1v) is 11.3. The van der Waals surface area contributed by atoms with E-state index in [9.17, 15) is 19.5 Å². The molecule has 0 aliphatic rings. The Bertz CT molecular complexity index is 2050. The highest BCUT2D eigenvalue weighted by Crippen LogP contribution is 2.40. The molecule has 0 saturated carbocycles. The van der Waals surface area contributed by atoms with Crippen molar-refractivity contribution in [3.05, 3.63) is 67.3 Å². The number of phenols is 1. The van der Waals surface area contributed by atoms with Crippen LogP contribution in [0.1, 0.15) is 19.9 Å². The number of ether oxygens (including phenoxy) is 1. The summed E-state index contributed by atoms with van der Waals surface area (Å²) in [6, 6.07) is 9.79. The number of benzene rings is 2. The molecule has 0 saturated heterocycles. The summed E-state index contributed by atoms with van der Waals surface area (Å²) in [5, 5.41) is 14.7. The molecule has 0 unspecified atom stereocenters. The van der Waals surface area contributed by atoms with E-state index in [0.29, 0.717) is 27.8 Å². The molecule has 0 spiro atoms. The van der Waals surface area contributed by atoms with Gasteiger partial charge < -0.3 is 23.8 Å². The van der Waals surface area contributed by atoms with Gasteiger partial charge in [-0.05, 0) is 49.6 Å². The van der Waals surface area contributed by atoms with E-state index in [0.717, 1.165) is 5.39 Å². The van der Waals surface area contributed by atoms with Gasteiger partial charge in [-0.15, -0.1) is 0 Å². The van der Waals surface area contributed by atoms with Crippen molar-refractivity contribution in [2.24, 2.45) is 7.05 Å². The third kappa shape index (κ3) is 2.81. The molecule has 0 bridgehead atoms. The number of fused-ring (bicyclic) bond motifs is 5. The molecule has 3 N–H and O–H groups in total. The number of furan rings is 1. The number of nitrogens with one attached hydrogen (secondary N) is 2. The summed E-state index contributed by atoms with van der Waals surface area (Å²) in [4.78, 5) is 42.3. The van der Waals surface area contributed by atoms with Gasteiger partial charge in [0, 0.05) is 30.1 Å². The highest BCUT2D eigenvalue weighted by Gasteiger charge is 2.26. The minimum Gasteiger partial charge on any atom is -0.502 e. The predicted molar refractivity (Wildman–Crippen MR) is 137 cm³/mol. The van der Waals surface area contributed by atoms with E-state index in [1.807, 2.05) is 19.9 Å². The van der Waals surface area contributed by atoms with Crippen LogP contribution in [-0.4, -0.2) is 31.5 Å². The van der Waals surface area contributed by atoms with Gasteiger partial charge in [-0.25, -0.2) is 0 Å². The lowest BCUT2D eigenvalue weighted by atomic mass is 10.0. The summed E-state index contributed by atoms with van der Waals surface area (Å²) < 4.78 is 14.5. The Morgan fingerprint density at radius 1 is 1.06 bits per heavy atom. The second kappa shape index (κ2) is 7.38. The van der Waals surface area contributed by atoms with Gasteiger partial charge in [0.05, 0.1) is 29.1 Å². The summed E-state index contributed by atoms with van der Waals surface area (Å²) in [6.45, 7) is 3.83. The van der Waals surface area contributed by atoms with Gasteiger partial charge in [-0.2, -0.15) is 0 Å². The van der Waals surface area contributed by atoms with Crippen LogP contribution in [0.15, 0.2) is 55.2 Å². The van der Waals surface area contributed by atoms with Gasteiger partial charge >= 0.3 is 0 Å². The van der Waals surface area contributed by atoms with Crippen LogP contribution in [0, 0.1) is 0 Å². The van der Waals surface area contributed by atoms with Crippen molar-refractivity contribution in [2.45, 2.75) is 19.9 Å². The van der Waals surface area contributed by atoms with Crippen LogP contribution in [0.4, 0.5) is 0 Å². The second-order valence-electron chi connectivity index (χ2n) is 9.07. The highest BCUT2D eigenvalue weighted by molar-refractivity contribution is 6.15. The average molecular weight is 486 g/mol. The number of aryl methyl sites for hydroxylation is 1. The molecule has 6 aromatic rings. The van der Waals surface area contributed by atoms with Crippen LogP contribution in [0.2, 0.25) is 0 Å². The fourth-order valence-corrected chi connectivity index (χ4v) is 4.86. The van der Waals surface area contributed by atoms with Crippen molar-refractivity contribution < 1.29 is 14.3 Å². The summed E-state index contributed by atoms with van der Waals surface area (Å²) in [6.07, 6.45) is 0. The molecule has 182 valence electrons. The SMILES string of the molecule is COc1ccc2cc(-c3c4oc5c(O)c(=O)ccc5c4[nH]c4c3c(=O)[nH]n4C(C)C)c(=O)n(C)c2c1. The van der Waals surface area contributed by atoms with Crippen molar-refractivity contribution in [3.8, 4) is 22.6 Å². The predicted octanol–water partition coefficient (Wildman–Crippen LogP) is 3.73. The van der Waals surface area contributed by atoms with E-state index in [2.05, 4.69) is 10.1 Å². The summed E-state index contributed by atoms with van der Waals surface area (Å²) >= 11 is 0. The zero-order valence-electron chi connectivity index (χ0n) is 19.9. The number of hydrogen-bond donors (Lipinski definition) is 3. The first kappa shape index (κ1) is 21.8. The Morgan fingerprint density at radius 3 is 2.56 bits per heavy atom. The van der Waals surface area contributed by atoms with E-state index in [1.54, 1.807) is 43.1 Å². The number of nitrogens with zero attached hydrogens (tertiary/aromatic N) is 2. The summed E-state index contributed by atoms with van der Waals surface area (Å²) in [5.41, 5.74) is 0.919. The van der Waals surface area contributed by atoms with Gasteiger partial charge in [-0.3, -0.25) is 24.2 Å². The number of aromatic hydroxyl groups is 1. The van der Waals surface area contributed by atoms with Gasteiger partial charge in [-0.1, -0.05) is 0 Å². The van der Waals surface area contributed by atoms with Gasteiger partial charge in [0.1, 0.15) is 11.4 Å². The summed E-state index contributed by atoms with van der Waals surface area (Å²) in [5.74, 6) is 0.0721. The number of hydrogen-bond acceptors (Lipinski definition) is 6. The van der Waals surface area contributed by atoms with Gasteiger partial charge in [0.2, 0.25) is 11.2 Å². The lowest BCUT2D eigenvalue weighted by molar-refractivity contribution is 0.415. The maximum atomic E-state index is 13.7. The van der Waals surface area contributed by atoms with Crippen LogP contribution in [0.3, 0.4) is 0 Å². The Hall–Kier alpha value is -4.73. The Labute approximate surface area is 201 Å². The van der Waals surface area contributed by atoms with E-state index in [1.165, 1.54) is 10.6 Å². The molecule has 36 heavy (non-hydrogen) atoms. The van der Waals surface area contributed by atoms with Crippen LogP contribution >= 0.6 is 0 Å². The maximum Gasteiger partial charge on any atom is 0.274 e. The minimum absolute atomic E-state index is 0.0162. The van der Waals surface area contributed by atoms with Crippen LogP contribution in [0.25, 0.3) is 55.1 Å². The molecule has 10 heteroatoms. The van der Waals surface area contributed by atoms with E-state index in [4.69, 9.17) is 9.15 Å². The Balaban J connectivity index is 1.87. The number of phenolic OH excluding ortho intramolecular Hbond substituents is 1.